The second kappa shape index (κ2) is 10.8. The van der Waals surface area contributed by atoms with Crippen LogP contribution >= 0.6 is 0 Å². The van der Waals surface area contributed by atoms with Crippen LogP contribution < -0.4 is 10.1 Å². The molecule has 3 aromatic heterocycles. The van der Waals surface area contributed by atoms with Crippen LogP contribution in [-0.2, 0) is 11.3 Å². The van der Waals surface area contributed by atoms with Gasteiger partial charge in [-0.2, -0.15) is 19.0 Å². The SMILES string of the molecule is CN(C)C(=O)Cn1cc(NC(O)c2cnn3cccnc23)c(-c2cc(C(F)CF)ccc2OC(F)F)n1. The van der Waals surface area contributed by atoms with Gasteiger partial charge in [0.15, 0.2) is 18.0 Å². The number of halogens is 4. The van der Waals surface area contributed by atoms with E-state index in [9.17, 15) is 27.5 Å². The van der Waals surface area contributed by atoms with E-state index in [1.807, 2.05) is 0 Å². The van der Waals surface area contributed by atoms with E-state index in [0.717, 1.165) is 18.2 Å². The maximum Gasteiger partial charge on any atom is 0.387 e. The fraction of sp³-hybridized carbons (Fsp3) is 0.304. The Morgan fingerprint density at radius 3 is 2.76 bits per heavy atom. The van der Waals surface area contributed by atoms with Gasteiger partial charge in [0.2, 0.25) is 5.91 Å². The largest absolute Gasteiger partial charge is 0.434 e. The molecule has 4 aromatic rings. The molecule has 0 radical (unpaired) electrons. The minimum atomic E-state index is -3.21. The van der Waals surface area contributed by atoms with Gasteiger partial charge in [0.05, 0.1) is 17.4 Å². The first-order valence-corrected chi connectivity index (χ1v) is 11.0. The fourth-order valence-corrected chi connectivity index (χ4v) is 3.57. The Morgan fingerprint density at radius 1 is 1.27 bits per heavy atom. The molecule has 2 atom stereocenters. The summed E-state index contributed by atoms with van der Waals surface area (Å²) in [5.41, 5.74) is 0.475. The van der Waals surface area contributed by atoms with E-state index in [1.54, 1.807) is 26.4 Å². The van der Waals surface area contributed by atoms with Crippen LogP contribution in [0.25, 0.3) is 16.9 Å². The van der Waals surface area contributed by atoms with Crippen LogP contribution in [0.15, 0.2) is 49.1 Å². The van der Waals surface area contributed by atoms with Crippen LogP contribution in [0.4, 0.5) is 23.2 Å². The highest BCUT2D eigenvalue weighted by Gasteiger charge is 2.24. The molecule has 2 N–H and O–H groups in total. The average Bonchev–Trinajstić information content (AvgIpc) is 3.47. The molecule has 0 saturated heterocycles. The normalized spacial score (nSPS) is 13.1. The van der Waals surface area contributed by atoms with E-state index >= 15 is 0 Å². The molecule has 0 aliphatic rings. The smallest absolute Gasteiger partial charge is 0.387 e. The number of carbonyl (C=O) groups excluding carboxylic acids is 1. The Hall–Kier alpha value is -4.20. The van der Waals surface area contributed by atoms with Crippen molar-refractivity contribution in [2.45, 2.75) is 25.6 Å². The average molecular weight is 521 g/mol. The van der Waals surface area contributed by atoms with Gasteiger partial charge < -0.3 is 20.1 Å². The Balaban J connectivity index is 1.80. The van der Waals surface area contributed by atoms with E-state index < -0.39 is 25.7 Å². The second-order valence-corrected chi connectivity index (χ2v) is 8.17. The number of amides is 1. The third-order valence-electron chi connectivity index (χ3n) is 5.42. The molecule has 196 valence electrons. The molecular weight excluding hydrogens is 498 g/mol. The van der Waals surface area contributed by atoms with Gasteiger partial charge >= 0.3 is 6.61 Å². The monoisotopic (exact) mass is 521 g/mol. The number of carbonyl (C=O) groups is 1. The number of aliphatic hydroxyl groups is 1. The van der Waals surface area contributed by atoms with E-state index in [4.69, 9.17) is 0 Å². The molecule has 10 nitrogen and oxygen atoms in total. The number of anilines is 1. The summed E-state index contributed by atoms with van der Waals surface area (Å²) in [6.45, 7) is -4.76. The molecule has 0 bridgehead atoms. The lowest BCUT2D eigenvalue weighted by atomic mass is 10.0. The summed E-state index contributed by atoms with van der Waals surface area (Å²) in [6.07, 6.45) is 2.51. The molecule has 0 aliphatic carbocycles. The van der Waals surface area contributed by atoms with Gasteiger partial charge in [-0.15, -0.1) is 0 Å². The minimum Gasteiger partial charge on any atom is -0.434 e. The van der Waals surface area contributed by atoms with Crippen molar-refractivity contribution in [1.29, 1.82) is 0 Å². The third-order valence-corrected chi connectivity index (χ3v) is 5.42. The van der Waals surface area contributed by atoms with Crippen LogP contribution in [0.1, 0.15) is 23.5 Å². The molecule has 0 aliphatic heterocycles. The van der Waals surface area contributed by atoms with Crippen molar-refractivity contribution in [1.82, 2.24) is 29.3 Å². The first-order chi connectivity index (χ1) is 17.7. The number of benzene rings is 1. The zero-order valence-corrected chi connectivity index (χ0v) is 19.7. The van der Waals surface area contributed by atoms with E-state index in [-0.39, 0.29) is 40.7 Å². The number of nitrogens with zero attached hydrogens (tertiary/aromatic N) is 6. The van der Waals surface area contributed by atoms with Gasteiger partial charge in [-0.1, -0.05) is 6.07 Å². The van der Waals surface area contributed by atoms with Crippen molar-refractivity contribution in [3.05, 3.63) is 60.2 Å². The summed E-state index contributed by atoms with van der Waals surface area (Å²) in [7, 11) is 3.09. The lowest BCUT2D eigenvalue weighted by molar-refractivity contribution is -0.129. The van der Waals surface area contributed by atoms with Gasteiger partial charge in [0, 0.05) is 38.2 Å². The summed E-state index contributed by atoms with van der Waals surface area (Å²) in [5.74, 6) is -0.684. The quantitative estimate of drug-likeness (QED) is 0.243. The number of rotatable bonds is 10. The summed E-state index contributed by atoms with van der Waals surface area (Å²) in [6, 6.07) is 5.00. The maximum atomic E-state index is 14.2. The fourth-order valence-electron chi connectivity index (χ4n) is 3.57. The number of fused-ring (bicyclic) bond motifs is 1. The molecule has 1 aromatic carbocycles. The molecule has 37 heavy (non-hydrogen) atoms. The van der Waals surface area contributed by atoms with E-state index in [2.05, 4.69) is 25.2 Å². The summed E-state index contributed by atoms with van der Waals surface area (Å²) in [5, 5.41) is 22.2. The van der Waals surface area contributed by atoms with Gasteiger partial charge in [-0.3, -0.25) is 9.48 Å². The predicted octanol–water partition coefficient (Wildman–Crippen LogP) is 3.37. The number of nitrogens with one attached hydrogen (secondary N) is 1. The van der Waals surface area contributed by atoms with Crippen LogP contribution in [0.3, 0.4) is 0 Å². The highest BCUT2D eigenvalue weighted by molar-refractivity contribution is 5.80. The van der Waals surface area contributed by atoms with Crippen LogP contribution in [-0.4, -0.2) is 67.7 Å². The number of ether oxygens (including phenoxy) is 1. The van der Waals surface area contributed by atoms with Crippen molar-refractivity contribution >= 4 is 17.2 Å². The number of hydrogen-bond acceptors (Lipinski definition) is 7. The molecule has 3 heterocycles. The number of aliphatic hydroxyl groups excluding tert-OH is 1. The molecule has 14 heteroatoms. The lowest BCUT2D eigenvalue weighted by Crippen LogP contribution is -2.26. The number of likely N-dealkylation sites (N-methyl/N-ethyl adjacent to an activating group) is 1. The zero-order valence-electron chi connectivity index (χ0n) is 19.7. The van der Waals surface area contributed by atoms with Gasteiger partial charge in [-0.25, -0.2) is 18.3 Å². The first-order valence-electron chi connectivity index (χ1n) is 11.0. The van der Waals surface area contributed by atoms with Gasteiger partial charge in [0.25, 0.3) is 0 Å². The van der Waals surface area contributed by atoms with Crippen molar-refractivity contribution in [3.63, 3.8) is 0 Å². The van der Waals surface area contributed by atoms with E-state index in [1.165, 1.54) is 32.7 Å². The van der Waals surface area contributed by atoms with Crippen LogP contribution in [0.2, 0.25) is 0 Å². The highest BCUT2D eigenvalue weighted by atomic mass is 19.3. The van der Waals surface area contributed by atoms with Crippen molar-refractivity contribution in [2.24, 2.45) is 0 Å². The summed E-state index contributed by atoms with van der Waals surface area (Å²) < 4.78 is 60.7. The Bertz CT molecular complexity index is 1390. The van der Waals surface area contributed by atoms with E-state index in [0.29, 0.717) is 11.2 Å². The van der Waals surface area contributed by atoms with Crippen LogP contribution in [0.5, 0.6) is 5.75 Å². The topological polar surface area (TPSA) is 110 Å². The standard InChI is InChI=1S/C23H23F4N7O3/c1-32(2)19(35)12-33-11-17(30-22(36)15-10-29-34-7-3-6-28-21(15)34)20(31-33)14-8-13(16(25)9-24)4-5-18(14)37-23(26)27/h3-8,10-11,16,22-23,30,36H,9,12H2,1-2H3. The van der Waals surface area contributed by atoms with Crippen molar-refractivity contribution < 1.29 is 32.2 Å². The summed E-state index contributed by atoms with van der Waals surface area (Å²) >= 11 is 0. The molecular formula is C23H23F4N7O3. The highest BCUT2D eigenvalue weighted by Crippen LogP contribution is 2.38. The maximum absolute atomic E-state index is 14.2. The van der Waals surface area contributed by atoms with Crippen LogP contribution in [0, 0.1) is 0 Å². The number of alkyl halides is 4. The van der Waals surface area contributed by atoms with Gasteiger partial charge in [0.1, 0.15) is 24.7 Å². The van der Waals surface area contributed by atoms with Crippen molar-refractivity contribution in [2.75, 3.05) is 26.1 Å². The summed E-state index contributed by atoms with van der Waals surface area (Å²) in [4.78, 5) is 17.8. The number of aromatic nitrogens is 5. The molecule has 0 fully saturated rings. The molecule has 1 amide bonds. The zero-order chi connectivity index (χ0) is 26.7. The van der Waals surface area contributed by atoms with Gasteiger partial charge in [-0.05, 0) is 23.8 Å². The number of hydrogen-bond donors (Lipinski definition) is 2. The molecule has 4 rings (SSSR count). The third kappa shape index (κ3) is 5.63. The molecule has 0 saturated carbocycles. The second-order valence-electron chi connectivity index (χ2n) is 8.17. The molecule has 0 spiro atoms. The Morgan fingerprint density at radius 2 is 2.05 bits per heavy atom. The lowest BCUT2D eigenvalue weighted by Gasteiger charge is -2.16. The Labute approximate surface area is 208 Å². The Kier molecular flexibility index (Phi) is 7.57. The molecule has 2 unspecified atom stereocenters. The van der Waals surface area contributed by atoms with Crippen molar-refractivity contribution in [3.8, 4) is 17.0 Å². The first kappa shape index (κ1) is 25.9. The predicted molar refractivity (Wildman–Crippen MR) is 124 cm³/mol. The minimum absolute atomic E-state index is 0.0430.